The van der Waals surface area contributed by atoms with Gasteiger partial charge in [0.25, 0.3) is 11.6 Å². The Bertz CT molecular complexity index is 1460. The van der Waals surface area contributed by atoms with Gasteiger partial charge in [0.2, 0.25) is 5.75 Å². The maximum atomic E-state index is 13.1. The summed E-state index contributed by atoms with van der Waals surface area (Å²) in [5.41, 5.74) is 0.0937. The average molecular weight is 544 g/mol. The first-order valence-corrected chi connectivity index (χ1v) is 11.6. The number of amides is 1. The zero-order valence-corrected chi connectivity index (χ0v) is 20.6. The zero-order valence-electron chi connectivity index (χ0n) is 18.2. The molecule has 1 amide bonds. The topological polar surface area (TPSA) is 125 Å². The van der Waals surface area contributed by atoms with Gasteiger partial charge in [-0.2, -0.15) is 0 Å². The predicted molar refractivity (Wildman–Crippen MR) is 140 cm³/mol. The van der Waals surface area contributed by atoms with Crippen LogP contribution >= 0.6 is 35.6 Å². The van der Waals surface area contributed by atoms with E-state index in [2.05, 4.69) is 0 Å². The Morgan fingerprint density at radius 2 is 1.78 bits per heavy atom. The second kappa shape index (κ2) is 10.3. The predicted octanol–water partition coefficient (Wildman–Crippen LogP) is 6.36. The van der Waals surface area contributed by atoms with Crippen molar-refractivity contribution in [3.05, 3.63) is 96.4 Å². The molecular weight excluding hydrogens is 530 g/mol. The quantitative estimate of drug-likeness (QED) is 0.145. The summed E-state index contributed by atoms with van der Waals surface area (Å²) in [5, 5.41) is 22.7. The highest BCUT2D eigenvalue weighted by Gasteiger charge is 2.33. The first-order valence-electron chi connectivity index (χ1n) is 10.00. The molecule has 0 unspecified atom stereocenters. The first kappa shape index (κ1) is 25.1. The van der Waals surface area contributed by atoms with Gasteiger partial charge >= 0.3 is 5.69 Å². The van der Waals surface area contributed by atoms with Gasteiger partial charge in [-0.05, 0) is 48.0 Å². The Hall–Kier alpha value is -4.00. The van der Waals surface area contributed by atoms with Crippen molar-refractivity contribution < 1.29 is 24.1 Å². The molecule has 0 bridgehead atoms. The fraction of sp³-hybridized carbons (Fsp3) is 0.0435. The lowest BCUT2D eigenvalue weighted by molar-refractivity contribution is -0.394. The van der Waals surface area contributed by atoms with E-state index in [4.69, 9.17) is 33.3 Å². The molecule has 182 valence electrons. The molecule has 10 nitrogen and oxygen atoms in total. The van der Waals surface area contributed by atoms with Crippen molar-refractivity contribution >= 4 is 68.9 Å². The van der Waals surface area contributed by atoms with Crippen molar-refractivity contribution in [2.24, 2.45) is 0 Å². The molecular formula is C23H14ClN3O7S2. The highest BCUT2D eigenvalue weighted by molar-refractivity contribution is 8.27. The van der Waals surface area contributed by atoms with E-state index in [0.717, 1.165) is 30.0 Å². The Labute approximate surface area is 218 Å². The molecule has 36 heavy (non-hydrogen) atoms. The van der Waals surface area contributed by atoms with Crippen molar-refractivity contribution in [3.63, 3.8) is 0 Å². The molecule has 0 N–H and O–H groups in total. The summed E-state index contributed by atoms with van der Waals surface area (Å²) >= 11 is 12.7. The largest absolute Gasteiger partial charge is 0.495 e. The van der Waals surface area contributed by atoms with E-state index in [9.17, 15) is 25.0 Å². The van der Waals surface area contributed by atoms with E-state index in [0.29, 0.717) is 31.2 Å². The number of thioether (sulfide) groups is 1. The van der Waals surface area contributed by atoms with Crippen LogP contribution in [0.4, 0.5) is 17.1 Å². The highest BCUT2D eigenvalue weighted by Crippen LogP contribution is 2.39. The second-order valence-corrected chi connectivity index (χ2v) is 9.26. The van der Waals surface area contributed by atoms with Crippen LogP contribution in [0.25, 0.3) is 6.08 Å². The minimum Gasteiger partial charge on any atom is -0.495 e. The van der Waals surface area contributed by atoms with E-state index in [1.807, 2.05) is 0 Å². The standard InChI is InChI=1S/C23H14ClN3O7S2/c1-33-19-7-5-14(11-17(19)24)25-22(28)21(36-23(25)35)10-13-3-2-4-16(9-13)34-20-8-6-15(26(29)30)12-18(20)27(31)32/h2-12H,1H3/b21-10+. The maximum absolute atomic E-state index is 13.1. The van der Waals surface area contributed by atoms with Crippen LogP contribution < -0.4 is 14.4 Å². The van der Waals surface area contributed by atoms with Gasteiger partial charge in [0.1, 0.15) is 11.5 Å². The number of hydrogen-bond donors (Lipinski definition) is 0. The number of benzene rings is 3. The number of non-ortho nitro benzene ring substituents is 1. The van der Waals surface area contributed by atoms with Crippen LogP contribution in [0.2, 0.25) is 5.02 Å². The number of carbonyl (C=O) groups excluding carboxylic acids is 1. The maximum Gasteiger partial charge on any atom is 0.318 e. The monoisotopic (exact) mass is 543 g/mol. The molecule has 3 aromatic carbocycles. The third kappa shape index (κ3) is 5.15. The van der Waals surface area contributed by atoms with Crippen LogP contribution in [0.3, 0.4) is 0 Å². The number of ether oxygens (including phenoxy) is 2. The number of carbonyl (C=O) groups is 1. The second-order valence-electron chi connectivity index (χ2n) is 7.18. The van der Waals surface area contributed by atoms with E-state index in [-0.39, 0.29) is 17.4 Å². The van der Waals surface area contributed by atoms with E-state index in [1.165, 1.54) is 12.0 Å². The number of nitro groups is 2. The normalized spacial score (nSPS) is 14.3. The number of nitro benzene ring substituents is 2. The number of halogens is 1. The average Bonchev–Trinajstić information content (AvgIpc) is 3.11. The Balaban J connectivity index is 1.59. The SMILES string of the molecule is COc1ccc(N2C(=O)/C(=C\c3cccc(Oc4ccc([N+](=O)[O-])cc4[N+](=O)[O-])c3)SC2=S)cc1Cl. The molecule has 1 heterocycles. The molecule has 0 aliphatic carbocycles. The van der Waals surface area contributed by atoms with Crippen molar-refractivity contribution in [3.8, 4) is 17.2 Å². The molecule has 0 radical (unpaired) electrons. The summed E-state index contributed by atoms with van der Waals surface area (Å²) in [6.45, 7) is 0. The minimum atomic E-state index is -0.761. The summed E-state index contributed by atoms with van der Waals surface area (Å²) < 4.78 is 11.1. The van der Waals surface area contributed by atoms with Crippen molar-refractivity contribution in [2.75, 3.05) is 12.0 Å². The van der Waals surface area contributed by atoms with Crippen LogP contribution in [0.1, 0.15) is 5.56 Å². The summed E-state index contributed by atoms with van der Waals surface area (Å²) in [6, 6.07) is 14.5. The van der Waals surface area contributed by atoms with E-state index in [1.54, 1.807) is 48.5 Å². The van der Waals surface area contributed by atoms with Gasteiger partial charge in [0.15, 0.2) is 4.32 Å². The van der Waals surface area contributed by atoms with Crippen molar-refractivity contribution in [1.29, 1.82) is 0 Å². The third-order valence-corrected chi connectivity index (χ3v) is 6.52. The molecule has 1 aliphatic rings. The fourth-order valence-electron chi connectivity index (χ4n) is 3.28. The number of rotatable bonds is 7. The number of anilines is 1. The van der Waals surface area contributed by atoms with Gasteiger partial charge < -0.3 is 9.47 Å². The van der Waals surface area contributed by atoms with E-state index < -0.39 is 21.2 Å². The number of hydrogen-bond acceptors (Lipinski definition) is 9. The Kier molecular flexibility index (Phi) is 7.20. The molecule has 1 fully saturated rings. The lowest BCUT2D eigenvalue weighted by atomic mass is 10.2. The number of methoxy groups -OCH3 is 1. The van der Waals surface area contributed by atoms with Crippen molar-refractivity contribution in [1.82, 2.24) is 0 Å². The lowest BCUT2D eigenvalue weighted by Crippen LogP contribution is -2.27. The fourth-order valence-corrected chi connectivity index (χ4v) is 4.83. The van der Waals surface area contributed by atoms with Crippen LogP contribution in [-0.2, 0) is 4.79 Å². The Morgan fingerprint density at radius 1 is 1.03 bits per heavy atom. The zero-order chi connectivity index (χ0) is 26.0. The smallest absolute Gasteiger partial charge is 0.318 e. The van der Waals surface area contributed by atoms with Gasteiger partial charge in [-0.15, -0.1) is 0 Å². The van der Waals surface area contributed by atoms with Gasteiger partial charge in [-0.25, -0.2) is 0 Å². The molecule has 0 atom stereocenters. The van der Waals surface area contributed by atoms with Gasteiger partial charge in [-0.3, -0.25) is 29.9 Å². The molecule has 3 aromatic rings. The van der Waals surface area contributed by atoms with Crippen LogP contribution in [0, 0.1) is 20.2 Å². The minimum absolute atomic E-state index is 0.162. The van der Waals surface area contributed by atoms with Gasteiger partial charge in [0, 0.05) is 6.07 Å². The summed E-state index contributed by atoms with van der Waals surface area (Å²) in [5.74, 6) is 0.193. The Morgan fingerprint density at radius 3 is 2.44 bits per heavy atom. The lowest BCUT2D eigenvalue weighted by Gasteiger charge is -2.15. The third-order valence-electron chi connectivity index (χ3n) is 4.92. The molecule has 0 saturated carbocycles. The summed E-state index contributed by atoms with van der Waals surface area (Å²) in [6.07, 6.45) is 1.61. The number of nitrogens with zero attached hydrogens (tertiary/aromatic N) is 3. The van der Waals surface area contributed by atoms with Crippen molar-refractivity contribution in [2.45, 2.75) is 0 Å². The molecule has 0 spiro atoms. The van der Waals surface area contributed by atoms with Crippen LogP contribution in [-0.4, -0.2) is 27.2 Å². The molecule has 1 aliphatic heterocycles. The van der Waals surface area contributed by atoms with E-state index >= 15 is 0 Å². The molecule has 4 rings (SSSR count). The molecule has 0 aromatic heterocycles. The summed E-state index contributed by atoms with van der Waals surface area (Å²) in [4.78, 5) is 35.6. The van der Waals surface area contributed by atoms with Gasteiger partial charge in [-0.1, -0.05) is 47.7 Å². The number of thiocarbonyl (C=S) groups is 1. The molecule has 13 heteroatoms. The first-order chi connectivity index (χ1) is 17.2. The highest BCUT2D eigenvalue weighted by atomic mass is 35.5. The van der Waals surface area contributed by atoms with Gasteiger partial charge in [0.05, 0.1) is 38.6 Å². The summed E-state index contributed by atoms with van der Waals surface area (Å²) in [7, 11) is 1.49. The molecule has 1 saturated heterocycles. The van der Waals surface area contributed by atoms with Crippen LogP contribution in [0.5, 0.6) is 17.2 Å². The van der Waals surface area contributed by atoms with Crippen LogP contribution in [0.15, 0.2) is 65.6 Å².